The number of hydrogen-bond acceptors (Lipinski definition) is 5. The molecule has 2 amide bonds. The lowest BCUT2D eigenvalue weighted by Crippen LogP contribution is -2.40. The van der Waals surface area contributed by atoms with Crippen molar-refractivity contribution in [2.45, 2.75) is 0 Å². The SMILES string of the molecule is COc1ccc(C(=O)Oc2ccccc2/C=C/C(=O)NNC(=O)c2cccc3ccccc23)cc1. The Morgan fingerprint density at radius 1 is 0.771 bits per heavy atom. The van der Waals surface area contributed by atoms with E-state index in [0.717, 1.165) is 10.8 Å². The van der Waals surface area contributed by atoms with E-state index in [2.05, 4.69) is 10.9 Å². The molecule has 2 N–H and O–H groups in total. The predicted molar refractivity (Wildman–Crippen MR) is 133 cm³/mol. The summed E-state index contributed by atoms with van der Waals surface area (Å²) in [5.74, 6) is -0.604. The highest BCUT2D eigenvalue weighted by atomic mass is 16.5. The van der Waals surface area contributed by atoms with Crippen LogP contribution in [0, 0.1) is 0 Å². The fourth-order valence-corrected chi connectivity index (χ4v) is 3.41. The van der Waals surface area contributed by atoms with Crippen molar-refractivity contribution in [1.82, 2.24) is 10.9 Å². The summed E-state index contributed by atoms with van der Waals surface area (Å²) in [4.78, 5) is 37.4. The number of ether oxygens (including phenoxy) is 2. The number of nitrogens with one attached hydrogen (secondary N) is 2. The molecule has 0 bridgehead atoms. The van der Waals surface area contributed by atoms with Crippen LogP contribution in [0.15, 0.2) is 97.1 Å². The molecule has 0 radical (unpaired) electrons. The first kappa shape index (κ1) is 23.3. The number of benzene rings is 4. The minimum atomic E-state index is -0.546. The molecular formula is C28H22N2O5. The van der Waals surface area contributed by atoms with E-state index in [1.807, 2.05) is 30.3 Å². The second-order valence-electron chi connectivity index (χ2n) is 7.46. The molecule has 0 spiro atoms. The minimum Gasteiger partial charge on any atom is -0.497 e. The van der Waals surface area contributed by atoms with E-state index in [0.29, 0.717) is 22.4 Å². The number of amides is 2. The molecule has 35 heavy (non-hydrogen) atoms. The molecular weight excluding hydrogens is 444 g/mol. The topological polar surface area (TPSA) is 93.7 Å². The average molecular weight is 466 g/mol. The third kappa shape index (κ3) is 5.72. The van der Waals surface area contributed by atoms with Crippen molar-refractivity contribution in [1.29, 1.82) is 0 Å². The van der Waals surface area contributed by atoms with Crippen molar-refractivity contribution >= 4 is 34.6 Å². The fraction of sp³-hybridized carbons (Fsp3) is 0.0357. The maximum atomic E-state index is 12.6. The van der Waals surface area contributed by atoms with Crippen molar-refractivity contribution in [3.63, 3.8) is 0 Å². The lowest BCUT2D eigenvalue weighted by molar-refractivity contribution is -0.117. The summed E-state index contributed by atoms with van der Waals surface area (Å²) in [5, 5.41) is 1.71. The van der Waals surface area contributed by atoms with Crippen LogP contribution in [-0.4, -0.2) is 24.9 Å². The molecule has 0 heterocycles. The third-order valence-electron chi connectivity index (χ3n) is 5.20. The molecule has 0 aromatic heterocycles. The molecule has 4 rings (SSSR count). The number of methoxy groups -OCH3 is 1. The van der Waals surface area contributed by atoms with Gasteiger partial charge in [-0.25, -0.2) is 4.79 Å². The van der Waals surface area contributed by atoms with Crippen LogP contribution in [-0.2, 0) is 4.79 Å². The Labute approximate surface area is 202 Å². The number of hydrogen-bond donors (Lipinski definition) is 2. The van der Waals surface area contributed by atoms with Gasteiger partial charge in [0.15, 0.2) is 0 Å². The summed E-state index contributed by atoms with van der Waals surface area (Å²) < 4.78 is 10.6. The summed E-state index contributed by atoms with van der Waals surface area (Å²) in [6, 6.07) is 26.2. The Hall–Kier alpha value is -4.91. The average Bonchev–Trinajstić information content (AvgIpc) is 2.90. The molecule has 0 unspecified atom stereocenters. The van der Waals surface area contributed by atoms with Crippen molar-refractivity contribution in [3.8, 4) is 11.5 Å². The zero-order valence-corrected chi connectivity index (χ0v) is 18.9. The molecule has 174 valence electrons. The molecule has 7 heteroatoms. The molecule has 0 saturated carbocycles. The number of fused-ring (bicyclic) bond motifs is 1. The van der Waals surface area contributed by atoms with Crippen LogP contribution in [0.5, 0.6) is 11.5 Å². The molecule has 0 aliphatic heterocycles. The third-order valence-corrected chi connectivity index (χ3v) is 5.20. The summed E-state index contributed by atoms with van der Waals surface area (Å²) in [6.45, 7) is 0. The van der Waals surface area contributed by atoms with Gasteiger partial charge < -0.3 is 9.47 Å². The second kappa shape index (κ2) is 10.8. The van der Waals surface area contributed by atoms with Crippen LogP contribution in [0.2, 0.25) is 0 Å². The van der Waals surface area contributed by atoms with Gasteiger partial charge in [-0.1, -0.05) is 54.6 Å². The van der Waals surface area contributed by atoms with Gasteiger partial charge in [0.25, 0.3) is 11.8 Å². The monoisotopic (exact) mass is 466 g/mol. The van der Waals surface area contributed by atoms with Crippen molar-refractivity contribution < 1.29 is 23.9 Å². The van der Waals surface area contributed by atoms with Crippen LogP contribution >= 0.6 is 0 Å². The van der Waals surface area contributed by atoms with Crippen molar-refractivity contribution in [2.24, 2.45) is 0 Å². The number of para-hydroxylation sites is 1. The van der Waals surface area contributed by atoms with Crippen LogP contribution < -0.4 is 20.3 Å². The molecule has 0 atom stereocenters. The van der Waals surface area contributed by atoms with E-state index in [1.165, 1.54) is 12.2 Å². The van der Waals surface area contributed by atoms with Gasteiger partial charge in [-0.2, -0.15) is 0 Å². The minimum absolute atomic E-state index is 0.289. The highest BCUT2D eigenvalue weighted by molar-refractivity contribution is 6.07. The quantitative estimate of drug-likeness (QED) is 0.188. The first-order valence-corrected chi connectivity index (χ1v) is 10.8. The Balaban J connectivity index is 1.39. The van der Waals surface area contributed by atoms with Gasteiger partial charge >= 0.3 is 5.97 Å². The van der Waals surface area contributed by atoms with Gasteiger partial charge in [0.2, 0.25) is 0 Å². The van der Waals surface area contributed by atoms with Crippen LogP contribution in [0.25, 0.3) is 16.8 Å². The van der Waals surface area contributed by atoms with Crippen molar-refractivity contribution in [2.75, 3.05) is 7.11 Å². The molecule has 7 nitrogen and oxygen atoms in total. The largest absolute Gasteiger partial charge is 0.497 e. The van der Waals surface area contributed by atoms with E-state index >= 15 is 0 Å². The zero-order valence-electron chi connectivity index (χ0n) is 18.9. The summed E-state index contributed by atoms with van der Waals surface area (Å²) in [7, 11) is 1.54. The Kier molecular flexibility index (Phi) is 7.18. The van der Waals surface area contributed by atoms with Gasteiger partial charge in [0.05, 0.1) is 12.7 Å². The predicted octanol–water partition coefficient (Wildman–Crippen LogP) is 4.54. The van der Waals surface area contributed by atoms with E-state index in [1.54, 1.807) is 67.8 Å². The van der Waals surface area contributed by atoms with E-state index in [4.69, 9.17) is 9.47 Å². The lowest BCUT2D eigenvalue weighted by Gasteiger charge is -2.09. The number of carbonyl (C=O) groups excluding carboxylic acids is 3. The van der Waals surface area contributed by atoms with Gasteiger partial charge in [0, 0.05) is 17.2 Å². The van der Waals surface area contributed by atoms with Crippen LogP contribution in [0.3, 0.4) is 0 Å². The van der Waals surface area contributed by atoms with Gasteiger partial charge in [0.1, 0.15) is 11.5 Å². The van der Waals surface area contributed by atoms with E-state index in [-0.39, 0.29) is 5.75 Å². The highest BCUT2D eigenvalue weighted by Crippen LogP contribution is 2.22. The first-order chi connectivity index (χ1) is 17.0. The van der Waals surface area contributed by atoms with Crippen LogP contribution in [0.1, 0.15) is 26.3 Å². The number of hydrazine groups is 1. The molecule has 0 fully saturated rings. The maximum absolute atomic E-state index is 12.6. The second-order valence-corrected chi connectivity index (χ2v) is 7.46. The first-order valence-electron chi connectivity index (χ1n) is 10.8. The summed E-state index contributed by atoms with van der Waals surface area (Å²) >= 11 is 0. The van der Waals surface area contributed by atoms with Gasteiger partial charge in [-0.15, -0.1) is 0 Å². The Morgan fingerprint density at radius 3 is 2.29 bits per heavy atom. The zero-order chi connectivity index (χ0) is 24.6. The smallest absolute Gasteiger partial charge is 0.343 e. The standard InChI is InChI=1S/C28H22N2O5/c1-34-22-16-13-21(14-17-22)28(33)35-25-12-5-3-8-20(25)15-18-26(31)29-30-27(32)24-11-6-9-19-7-2-4-10-23(19)24/h2-18H,1H3,(H,29,31)(H,30,32)/b18-15+. The maximum Gasteiger partial charge on any atom is 0.343 e. The molecule has 0 aliphatic rings. The summed E-state index contributed by atoms with van der Waals surface area (Å²) in [6.07, 6.45) is 2.74. The Bertz CT molecular complexity index is 1410. The van der Waals surface area contributed by atoms with E-state index < -0.39 is 17.8 Å². The van der Waals surface area contributed by atoms with Gasteiger partial charge in [-0.3, -0.25) is 20.4 Å². The highest BCUT2D eigenvalue weighted by Gasteiger charge is 2.12. The Morgan fingerprint density at radius 2 is 1.49 bits per heavy atom. The fourth-order valence-electron chi connectivity index (χ4n) is 3.41. The normalized spacial score (nSPS) is 10.7. The number of rotatable bonds is 6. The van der Waals surface area contributed by atoms with Crippen molar-refractivity contribution in [3.05, 3.63) is 114 Å². The molecule has 0 aliphatic carbocycles. The number of carbonyl (C=O) groups is 3. The van der Waals surface area contributed by atoms with Crippen LogP contribution in [0.4, 0.5) is 0 Å². The van der Waals surface area contributed by atoms with E-state index in [9.17, 15) is 14.4 Å². The molecule has 4 aromatic carbocycles. The lowest BCUT2D eigenvalue weighted by atomic mass is 10.0. The molecule has 4 aromatic rings. The van der Waals surface area contributed by atoms with Gasteiger partial charge in [-0.05, 0) is 53.2 Å². The summed E-state index contributed by atoms with van der Waals surface area (Å²) in [5.41, 5.74) is 6.11. The molecule has 0 saturated heterocycles. The number of esters is 1.